The second-order valence-corrected chi connectivity index (χ2v) is 8.77. The minimum Gasteiger partial charge on any atom is -0.338 e. The topological polar surface area (TPSA) is 59.2 Å². The van der Waals surface area contributed by atoms with Gasteiger partial charge in [-0.15, -0.1) is 23.1 Å². The van der Waals surface area contributed by atoms with E-state index in [0.29, 0.717) is 6.54 Å². The van der Waals surface area contributed by atoms with Gasteiger partial charge in [-0.1, -0.05) is 6.92 Å². The molecule has 0 radical (unpaired) electrons. The number of hydrogen-bond acceptors (Lipinski definition) is 5. The summed E-state index contributed by atoms with van der Waals surface area (Å²) in [6.07, 6.45) is 0.982. The van der Waals surface area contributed by atoms with Crippen LogP contribution in [0.1, 0.15) is 34.4 Å². The van der Waals surface area contributed by atoms with Crippen LogP contribution >= 0.6 is 23.1 Å². The molecular formula is C18H23N3OS2. The van der Waals surface area contributed by atoms with Crippen LogP contribution in [0.25, 0.3) is 0 Å². The maximum atomic E-state index is 12.6. The summed E-state index contributed by atoms with van der Waals surface area (Å²) in [5.41, 5.74) is 7.76. The summed E-state index contributed by atoms with van der Waals surface area (Å²) in [6.45, 7) is 6.35. The Labute approximate surface area is 151 Å². The van der Waals surface area contributed by atoms with Crippen LogP contribution in [0.5, 0.6) is 0 Å². The van der Waals surface area contributed by atoms with Crippen LogP contribution in [0.3, 0.4) is 0 Å². The molecule has 1 unspecified atom stereocenters. The van der Waals surface area contributed by atoms with Gasteiger partial charge in [-0.25, -0.2) is 4.98 Å². The molecule has 0 saturated carbocycles. The number of carbonyl (C=O) groups is 1. The van der Waals surface area contributed by atoms with Gasteiger partial charge in [0, 0.05) is 34.7 Å². The number of nitrogens with zero attached hydrogens (tertiary/aromatic N) is 2. The Morgan fingerprint density at radius 2 is 2.17 bits per heavy atom. The Hall–Kier alpha value is -1.37. The van der Waals surface area contributed by atoms with E-state index in [9.17, 15) is 4.79 Å². The molecule has 1 aliphatic rings. The molecule has 0 spiro atoms. The van der Waals surface area contributed by atoms with Gasteiger partial charge in [0.05, 0.1) is 10.7 Å². The zero-order valence-electron chi connectivity index (χ0n) is 14.1. The minimum absolute atomic E-state index is 0.0666. The summed E-state index contributed by atoms with van der Waals surface area (Å²) in [7, 11) is 0. The molecule has 0 bridgehead atoms. The van der Waals surface area contributed by atoms with Crippen LogP contribution in [0.15, 0.2) is 34.5 Å². The molecule has 2 aromatic rings. The van der Waals surface area contributed by atoms with E-state index < -0.39 is 0 Å². The number of carbonyl (C=O) groups excluding carboxylic acids is 1. The van der Waals surface area contributed by atoms with E-state index in [1.165, 1.54) is 0 Å². The van der Waals surface area contributed by atoms with Crippen molar-refractivity contribution in [2.75, 3.05) is 19.6 Å². The molecule has 128 valence electrons. The number of amides is 1. The smallest absolute Gasteiger partial charge is 0.253 e. The average molecular weight is 362 g/mol. The first-order chi connectivity index (χ1) is 11.5. The fourth-order valence-electron chi connectivity index (χ4n) is 2.87. The highest BCUT2D eigenvalue weighted by Crippen LogP contribution is 2.30. The Kier molecular flexibility index (Phi) is 5.27. The number of aromatic nitrogens is 1. The Bertz CT molecular complexity index is 713. The number of likely N-dealkylation sites (tertiary alicyclic amines) is 1. The highest BCUT2D eigenvalue weighted by Gasteiger charge is 2.35. The van der Waals surface area contributed by atoms with Crippen LogP contribution in [0.2, 0.25) is 0 Å². The molecule has 1 saturated heterocycles. The molecular weight excluding hydrogens is 338 g/mol. The molecule has 2 heterocycles. The van der Waals surface area contributed by atoms with E-state index >= 15 is 0 Å². The van der Waals surface area contributed by atoms with Crippen molar-refractivity contribution in [3.63, 3.8) is 0 Å². The highest BCUT2D eigenvalue weighted by atomic mass is 32.2. The lowest BCUT2D eigenvalue weighted by atomic mass is 9.90. The van der Waals surface area contributed by atoms with Crippen molar-refractivity contribution in [2.24, 2.45) is 11.1 Å². The van der Waals surface area contributed by atoms with E-state index in [2.05, 4.69) is 17.3 Å². The normalized spacial score (nSPS) is 20.5. The Morgan fingerprint density at radius 3 is 2.75 bits per heavy atom. The first-order valence-electron chi connectivity index (χ1n) is 8.12. The van der Waals surface area contributed by atoms with Crippen LogP contribution in [-0.2, 0) is 5.75 Å². The van der Waals surface area contributed by atoms with Crippen LogP contribution in [0.4, 0.5) is 0 Å². The maximum Gasteiger partial charge on any atom is 0.253 e. The predicted molar refractivity (Wildman–Crippen MR) is 101 cm³/mol. The minimum atomic E-state index is 0.0666. The zero-order valence-corrected chi connectivity index (χ0v) is 15.8. The van der Waals surface area contributed by atoms with Crippen molar-refractivity contribution in [3.8, 4) is 0 Å². The number of aryl methyl sites for hydroxylation is 1. The zero-order chi connectivity index (χ0) is 17.2. The summed E-state index contributed by atoms with van der Waals surface area (Å²) in [4.78, 5) is 20.2. The standard InChI is InChI=1S/C18H23N3OS2/c1-13-20-15(9-23-13)10-24-16-5-3-14(4-6-16)17(22)21-8-7-18(2,11-19)12-21/h3-6,9H,7-8,10-12,19H2,1-2H3. The number of thiazole rings is 1. The van der Waals surface area contributed by atoms with E-state index in [-0.39, 0.29) is 11.3 Å². The van der Waals surface area contributed by atoms with E-state index in [0.717, 1.165) is 46.4 Å². The first kappa shape index (κ1) is 17.5. The molecule has 1 amide bonds. The highest BCUT2D eigenvalue weighted by molar-refractivity contribution is 7.98. The molecule has 3 rings (SSSR count). The van der Waals surface area contributed by atoms with Crippen molar-refractivity contribution < 1.29 is 4.79 Å². The molecule has 1 aromatic heterocycles. The summed E-state index contributed by atoms with van der Waals surface area (Å²) in [5, 5.41) is 3.20. The summed E-state index contributed by atoms with van der Waals surface area (Å²) in [5.74, 6) is 0.970. The maximum absolute atomic E-state index is 12.6. The largest absolute Gasteiger partial charge is 0.338 e. The monoisotopic (exact) mass is 361 g/mol. The van der Waals surface area contributed by atoms with E-state index in [1.807, 2.05) is 36.1 Å². The van der Waals surface area contributed by atoms with Crippen LogP contribution in [-0.4, -0.2) is 35.4 Å². The number of hydrogen-bond donors (Lipinski definition) is 1. The summed E-state index contributed by atoms with van der Waals surface area (Å²) in [6, 6.07) is 7.90. The lowest BCUT2D eigenvalue weighted by Crippen LogP contribution is -2.34. The quantitative estimate of drug-likeness (QED) is 0.827. The number of benzene rings is 1. The van der Waals surface area contributed by atoms with Crippen molar-refractivity contribution in [2.45, 2.75) is 30.9 Å². The lowest BCUT2D eigenvalue weighted by Gasteiger charge is -2.22. The molecule has 0 aliphatic carbocycles. The fraction of sp³-hybridized carbons (Fsp3) is 0.444. The molecule has 24 heavy (non-hydrogen) atoms. The molecule has 6 heteroatoms. The van der Waals surface area contributed by atoms with Crippen molar-refractivity contribution in [1.82, 2.24) is 9.88 Å². The number of thioether (sulfide) groups is 1. The third-order valence-electron chi connectivity index (χ3n) is 4.49. The predicted octanol–water partition coefficient (Wildman–Crippen LogP) is 3.55. The van der Waals surface area contributed by atoms with Crippen molar-refractivity contribution >= 4 is 29.0 Å². The van der Waals surface area contributed by atoms with Gasteiger partial charge in [0.15, 0.2) is 0 Å². The second-order valence-electron chi connectivity index (χ2n) is 6.66. The van der Waals surface area contributed by atoms with Gasteiger partial charge >= 0.3 is 0 Å². The first-order valence-corrected chi connectivity index (χ1v) is 9.99. The van der Waals surface area contributed by atoms with Gasteiger partial charge < -0.3 is 10.6 Å². The van der Waals surface area contributed by atoms with Gasteiger partial charge in [-0.05, 0) is 49.6 Å². The lowest BCUT2D eigenvalue weighted by molar-refractivity contribution is 0.0777. The third-order valence-corrected chi connectivity index (χ3v) is 6.36. The number of rotatable bonds is 5. The van der Waals surface area contributed by atoms with Crippen LogP contribution < -0.4 is 5.73 Å². The molecule has 2 N–H and O–H groups in total. The molecule has 1 aliphatic heterocycles. The summed E-state index contributed by atoms with van der Waals surface area (Å²) < 4.78 is 0. The molecule has 1 aromatic carbocycles. The van der Waals surface area contributed by atoms with Gasteiger partial charge in [-0.2, -0.15) is 0 Å². The average Bonchev–Trinajstić information content (AvgIpc) is 3.19. The van der Waals surface area contributed by atoms with Gasteiger partial charge in [0.2, 0.25) is 0 Å². The molecule has 4 nitrogen and oxygen atoms in total. The van der Waals surface area contributed by atoms with Crippen LogP contribution in [0, 0.1) is 12.3 Å². The van der Waals surface area contributed by atoms with Gasteiger partial charge in [-0.3, -0.25) is 4.79 Å². The second kappa shape index (κ2) is 7.25. The molecule has 1 atom stereocenters. The van der Waals surface area contributed by atoms with Crippen molar-refractivity contribution in [1.29, 1.82) is 0 Å². The van der Waals surface area contributed by atoms with E-state index in [1.54, 1.807) is 23.1 Å². The Morgan fingerprint density at radius 1 is 1.42 bits per heavy atom. The Balaban J connectivity index is 1.59. The fourth-order valence-corrected chi connectivity index (χ4v) is 4.38. The summed E-state index contributed by atoms with van der Waals surface area (Å²) >= 11 is 3.42. The van der Waals surface area contributed by atoms with Crippen molar-refractivity contribution in [3.05, 3.63) is 45.9 Å². The SMILES string of the molecule is Cc1nc(CSc2ccc(C(=O)N3CCC(C)(CN)C3)cc2)cs1. The van der Waals surface area contributed by atoms with Gasteiger partial charge in [0.25, 0.3) is 5.91 Å². The third kappa shape index (κ3) is 3.99. The molecule has 1 fully saturated rings. The van der Waals surface area contributed by atoms with E-state index in [4.69, 9.17) is 5.73 Å². The number of nitrogens with two attached hydrogens (primary N) is 1. The van der Waals surface area contributed by atoms with Gasteiger partial charge in [0.1, 0.15) is 0 Å².